The van der Waals surface area contributed by atoms with E-state index in [0.717, 1.165) is 6.54 Å². The molecule has 0 spiro atoms. The Kier molecular flexibility index (Phi) is 3.98. The summed E-state index contributed by atoms with van der Waals surface area (Å²) in [4.78, 5) is 0. The largest absolute Gasteiger partial charge is 0.310 e. The third kappa shape index (κ3) is 3.21. The van der Waals surface area contributed by atoms with Crippen LogP contribution in [0.1, 0.15) is 25.7 Å². The van der Waals surface area contributed by atoms with Crippen molar-refractivity contribution >= 4 is 0 Å². The Morgan fingerprint density at radius 3 is 2.80 bits per heavy atom. The van der Waals surface area contributed by atoms with Gasteiger partial charge in [0.25, 0.3) is 0 Å². The van der Waals surface area contributed by atoms with Gasteiger partial charge in [-0.2, -0.15) is 0 Å². The lowest BCUT2D eigenvalue weighted by Crippen LogP contribution is -2.29. The van der Waals surface area contributed by atoms with Crippen LogP contribution in [-0.4, -0.2) is 12.6 Å². The smallest absolute Gasteiger partial charge is 0.0320 e. The summed E-state index contributed by atoms with van der Waals surface area (Å²) in [6, 6.07) is 0.555. The summed E-state index contributed by atoms with van der Waals surface area (Å²) in [5.74, 6) is 0. The van der Waals surface area contributed by atoms with Crippen molar-refractivity contribution in [3.05, 3.63) is 48.1 Å². The SMILES string of the molecule is C1=CC=CC(C2CCCCCN2)=CC=C1. The minimum atomic E-state index is 0.555. The van der Waals surface area contributed by atoms with E-state index in [0.29, 0.717) is 6.04 Å². The topological polar surface area (TPSA) is 12.0 Å². The molecule has 0 radical (unpaired) electrons. The fourth-order valence-corrected chi connectivity index (χ4v) is 2.13. The predicted octanol–water partition coefficient (Wildman–Crippen LogP) is 3.13. The Morgan fingerprint density at radius 1 is 0.933 bits per heavy atom. The van der Waals surface area contributed by atoms with E-state index >= 15 is 0 Å². The van der Waals surface area contributed by atoms with Crippen molar-refractivity contribution in [1.29, 1.82) is 0 Å². The molecule has 1 atom stereocenters. The summed E-state index contributed by atoms with van der Waals surface area (Å²) < 4.78 is 0. The highest BCUT2D eigenvalue weighted by molar-refractivity contribution is 5.34. The average molecular weight is 201 g/mol. The van der Waals surface area contributed by atoms with Gasteiger partial charge in [0.2, 0.25) is 0 Å². The van der Waals surface area contributed by atoms with Gasteiger partial charge in [0.15, 0.2) is 0 Å². The van der Waals surface area contributed by atoms with E-state index in [4.69, 9.17) is 0 Å². The molecule has 1 N–H and O–H groups in total. The van der Waals surface area contributed by atoms with Crippen LogP contribution in [0.5, 0.6) is 0 Å². The first-order valence-corrected chi connectivity index (χ1v) is 5.92. The summed E-state index contributed by atoms with van der Waals surface area (Å²) in [7, 11) is 0. The van der Waals surface area contributed by atoms with Gasteiger partial charge in [0, 0.05) is 6.04 Å². The molecule has 0 amide bonds. The van der Waals surface area contributed by atoms with Gasteiger partial charge >= 0.3 is 0 Å². The van der Waals surface area contributed by atoms with Crippen LogP contribution in [0.2, 0.25) is 0 Å². The molecule has 1 aliphatic heterocycles. The molecule has 15 heavy (non-hydrogen) atoms. The molecule has 1 aliphatic carbocycles. The van der Waals surface area contributed by atoms with Crippen molar-refractivity contribution in [2.45, 2.75) is 31.7 Å². The normalized spacial score (nSPS) is 26.7. The first-order chi connectivity index (χ1) is 7.47. The highest BCUT2D eigenvalue weighted by atomic mass is 14.9. The lowest BCUT2D eigenvalue weighted by atomic mass is 10.0. The Morgan fingerprint density at radius 2 is 1.80 bits per heavy atom. The molecule has 0 aromatic rings. The molecule has 2 rings (SSSR count). The second-order valence-corrected chi connectivity index (χ2v) is 4.15. The summed E-state index contributed by atoms with van der Waals surface area (Å²) in [5, 5.41) is 3.62. The van der Waals surface area contributed by atoms with E-state index in [1.165, 1.54) is 31.3 Å². The van der Waals surface area contributed by atoms with Crippen molar-refractivity contribution in [2.75, 3.05) is 6.54 Å². The zero-order valence-electron chi connectivity index (χ0n) is 9.15. The van der Waals surface area contributed by atoms with E-state index in [1.54, 1.807) is 0 Å². The maximum atomic E-state index is 3.62. The van der Waals surface area contributed by atoms with Gasteiger partial charge in [-0.25, -0.2) is 0 Å². The number of hydrogen-bond acceptors (Lipinski definition) is 1. The zero-order chi connectivity index (χ0) is 10.3. The number of hydrogen-bond donors (Lipinski definition) is 1. The van der Waals surface area contributed by atoms with Crippen LogP contribution < -0.4 is 5.32 Å². The molecule has 1 nitrogen and oxygen atoms in total. The van der Waals surface area contributed by atoms with Crippen LogP contribution in [0.3, 0.4) is 0 Å². The number of rotatable bonds is 1. The van der Waals surface area contributed by atoms with Crippen LogP contribution in [0, 0.1) is 0 Å². The molecule has 1 unspecified atom stereocenters. The highest BCUT2D eigenvalue weighted by Gasteiger charge is 2.13. The molecule has 1 saturated heterocycles. The third-order valence-corrected chi connectivity index (χ3v) is 2.98. The summed E-state index contributed by atoms with van der Waals surface area (Å²) in [5.41, 5.74) is 1.41. The standard InChI is InChI=1S/C14H19N/c1-2-5-9-13(10-6-3-1)14-11-7-4-8-12-15-14/h1-3,5-6,9-10,14-15H,4,7-8,11-12H2. The second kappa shape index (κ2) is 5.72. The van der Waals surface area contributed by atoms with Gasteiger partial charge in [0.05, 0.1) is 0 Å². The molecule has 1 fully saturated rings. The molecule has 2 aliphatic rings. The van der Waals surface area contributed by atoms with Gasteiger partial charge in [-0.15, -0.1) is 0 Å². The molecule has 0 aromatic carbocycles. The average Bonchev–Trinajstić information content (AvgIpc) is 2.45. The Balaban J connectivity index is 2.06. The fourth-order valence-electron chi connectivity index (χ4n) is 2.13. The zero-order valence-corrected chi connectivity index (χ0v) is 9.15. The first-order valence-electron chi connectivity index (χ1n) is 5.92. The third-order valence-electron chi connectivity index (χ3n) is 2.98. The maximum absolute atomic E-state index is 3.62. The van der Waals surface area contributed by atoms with Crippen molar-refractivity contribution in [2.24, 2.45) is 0 Å². The van der Waals surface area contributed by atoms with Crippen LogP contribution in [-0.2, 0) is 0 Å². The quantitative estimate of drug-likeness (QED) is 0.687. The lowest BCUT2D eigenvalue weighted by Gasteiger charge is -2.17. The lowest BCUT2D eigenvalue weighted by molar-refractivity contribution is 0.580. The molecule has 1 heterocycles. The molecule has 0 aromatic heterocycles. The molecule has 0 bridgehead atoms. The van der Waals surface area contributed by atoms with Gasteiger partial charge in [-0.05, 0) is 25.0 Å². The predicted molar refractivity (Wildman–Crippen MR) is 65.8 cm³/mol. The van der Waals surface area contributed by atoms with Crippen LogP contribution >= 0.6 is 0 Å². The summed E-state index contributed by atoms with van der Waals surface area (Å²) in [6.07, 6.45) is 20.2. The minimum Gasteiger partial charge on any atom is -0.310 e. The van der Waals surface area contributed by atoms with Crippen molar-refractivity contribution in [3.63, 3.8) is 0 Å². The van der Waals surface area contributed by atoms with E-state index in [-0.39, 0.29) is 0 Å². The molecule has 1 heteroatoms. The Labute approximate surface area is 92.3 Å². The first kappa shape index (κ1) is 10.4. The fraction of sp³-hybridized carbons (Fsp3) is 0.429. The van der Waals surface area contributed by atoms with Crippen LogP contribution in [0.15, 0.2) is 48.1 Å². The Bertz CT molecular complexity index is 299. The second-order valence-electron chi connectivity index (χ2n) is 4.15. The van der Waals surface area contributed by atoms with E-state index < -0.39 is 0 Å². The van der Waals surface area contributed by atoms with Gasteiger partial charge in [-0.3, -0.25) is 0 Å². The van der Waals surface area contributed by atoms with Crippen molar-refractivity contribution in [3.8, 4) is 0 Å². The van der Waals surface area contributed by atoms with Gasteiger partial charge < -0.3 is 5.32 Å². The van der Waals surface area contributed by atoms with Crippen LogP contribution in [0.4, 0.5) is 0 Å². The Hall–Kier alpha value is -1.08. The number of allylic oxidation sites excluding steroid dienone is 6. The van der Waals surface area contributed by atoms with Gasteiger partial charge in [-0.1, -0.05) is 55.4 Å². The highest BCUT2D eigenvalue weighted by Crippen LogP contribution is 2.16. The maximum Gasteiger partial charge on any atom is 0.0320 e. The van der Waals surface area contributed by atoms with Crippen molar-refractivity contribution in [1.82, 2.24) is 5.32 Å². The molecular formula is C14H19N. The summed E-state index contributed by atoms with van der Waals surface area (Å²) in [6.45, 7) is 1.16. The minimum absolute atomic E-state index is 0.555. The monoisotopic (exact) mass is 201 g/mol. The molecule has 80 valence electrons. The number of nitrogens with one attached hydrogen (secondary N) is 1. The summed E-state index contributed by atoms with van der Waals surface area (Å²) >= 11 is 0. The van der Waals surface area contributed by atoms with E-state index in [2.05, 4.69) is 47.8 Å². The van der Waals surface area contributed by atoms with Gasteiger partial charge in [0.1, 0.15) is 0 Å². The van der Waals surface area contributed by atoms with Crippen molar-refractivity contribution < 1.29 is 0 Å². The van der Waals surface area contributed by atoms with E-state index in [9.17, 15) is 0 Å². The molecule has 0 saturated carbocycles. The van der Waals surface area contributed by atoms with Crippen LogP contribution in [0.25, 0.3) is 0 Å². The van der Waals surface area contributed by atoms with E-state index in [1.807, 2.05) is 0 Å². The molecular weight excluding hydrogens is 182 g/mol.